The molecule has 3 aromatic carbocycles. The minimum atomic E-state index is -0.706. The molecule has 1 fully saturated rings. The summed E-state index contributed by atoms with van der Waals surface area (Å²) in [5.74, 6) is -0.138. The number of aromatic amines is 1. The highest BCUT2D eigenvalue weighted by Crippen LogP contribution is 2.45. The summed E-state index contributed by atoms with van der Waals surface area (Å²) in [7, 11) is 0. The second kappa shape index (κ2) is 9.27. The van der Waals surface area contributed by atoms with E-state index in [0.717, 1.165) is 33.3 Å². The molecule has 2 aromatic heterocycles. The molecule has 8 nitrogen and oxygen atoms in total. The zero-order valence-electron chi connectivity index (χ0n) is 21.8. The lowest BCUT2D eigenvalue weighted by Crippen LogP contribution is -2.44. The van der Waals surface area contributed by atoms with Gasteiger partial charge in [0.05, 0.1) is 24.1 Å². The Labute approximate surface area is 230 Å². The van der Waals surface area contributed by atoms with Gasteiger partial charge in [-0.3, -0.25) is 14.5 Å². The van der Waals surface area contributed by atoms with Crippen LogP contribution in [0.1, 0.15) is 44.5 Å². The summed E-state index contributed by atoms with van der Waals surface area (Å²) in [5, 5.41) is 3.88. The number of aromatic nitrogens is 1. The van der Waals surface area contributed by atoms with Crippen LogP contribution in [0.15, 0.2) is 95.6 Å². The number of carbonyl (C=O) groups is 3. The van der Waals surface area contributed by atoms with E-state index in [1.165, 1.54) is 11.2 Å². The highest BCUT2D eigenvalue weighted by Gasteiger charge is 2.53. The van der Waals surface area contributed by atoms with Gasteiger partial charge < -0.3 is 14.7 Å². The third kappa shape index (κ3) is 3.64. The zero-order valence-corrected chi connectivity index (χ0v) is 21.8. The van der Waals surface area contributed by atoms with E-state index in [1.807, 2.05) is 55.5 Å². The number of imide groups is 1. The smallest absolute Gasteiger partial charge is 0.332 e. The molecule has 1 saturated heterocycles. The maximum absolute atomic E-state index is 14.3. The normalized spacial score (nSPS) is 18.2. The van der Waals surface area contributed by atoms with E-state index in [9.17, 15) is 14.4 Å². The van der Waals surface area contributed by atoms with Crippen LogP contribution >= 0.6 is 0 Å². The van der Waals surface area contributed by atoms with Gasteiger partial charge in [0.2, 0.25) is 0 Å². The molecule has 0 bridgehead atoms. The lowest BCUT2D eigenvalue weighted by Gasteiger charge is -2.36. The summed E-state index contributed by atoms with van der Waals surface area (Å²) < 4.78 is 5.32. The molecule has 4 amide bonds. The van der Waals surface area contributed by atoms with Crippen LogP contribution in [0.5, 0.6) is 0 Å². The number of amides is 4. The van der Waals surface area contributed by atoms with Crippen LogP contribution in [-0.2, 0) is 17.8 Å². The molecule has 198 valence electrons. The third-order valence-electron chi connectivity index (χ3n) is 7.93. The quantitative estimate of drug-likeness (QED) is 0.294. The van der Waals surface area contributed by atoms with E-state index in [2.05, 4.69) is 10.3 Å². The van der Waals surface area contributed by atoms with Gasteiger partial charge in [-0.2, -0.15) is 0 Å². The van der Waals surface area contributed by atoms with Crippen molar-refractivity contribution in [3.8, 4) is 0 Å². The van der Waals surface area contributed by atoms with Gasteiger partial charge in [0, 0.05) is 23.0 Å². The summed E-state index contributed by atoms with van der Waals surface area (Å²) in [6, 6.07) is 24.6. The van der Waals surface area contributed by atoms with Gasteiger partial charge in [-0.25, -0.2) is 9.69 Å². The zero-order chi connectivity index (χ0) is 27.4. The van der Waals surface area contributed by atoms with Crippen molar-refractivity contribution in [2.45, 2.75) is 32.0 Å². The molecule has 40 heavy (non-hydrogen) atoms. The fourth-order valence-electron chi connectivity index (χ4n) is 6.05. The molecule has 0 radical (unpaired) electrons. The Kier molecular flexibility index (Phi) is 5.55. The average Bonchev–Trinajstić information content (AvgIpc) is 3.69. The molecule has 0 spiro atoms. The molecule has 2 N–H and O–H groups in total. The highest BCUT2D eigenvalue weighted by molar-refractivity contribution is 6.24. The molecule has 0 aliphatic carbocycles. The molecular weight excluding hydrogens is 504 g/mol. The number of fused-ring (bicyclic) bond motifs is 4. The van der Waals surface area contributed by atoms with E-state index in [-0.39, 0.29) is 23.7 Å². The number of carbonyl (C=O) groups excluding carboxylic acids is 3. The van der Waals surface area contributed by atoms with E-state index < -0.39 is 24.0 Å². The first kappa shape index (κ1) is 24.0. The second-order valence-corrected chi connectivity index (χ2v) is 10.2. The highest BCUT2D eigenvalue weighted by atomic mass is 16.3. The summed E-state index contributed by atoms with van der Waals surface area (Å²) in [6.45, 7) is 2.20. The Morgan fingerprint density at radius 2 is 1.75 bits per heavy atom. The van der Waals surface area contributed by atoms with Gasteiger partial charge in [0.1, 0.15) is 17.8 Å². The Hall–Kier alpha value is -5.11. The van der Waals surface area contributed by atoms with E-state index in [1.54, 1.807) is 41.3 Å². The summed E-state index contributed by atoms with van der Waals surface area (Å²) in [5.41, 5.74) is 5.41. The summed E-state index contributed by atoms with van der Waals surface area (Å²) in [4.78, 5) is 48.0. The van der Waals surface area contributed by atoms with Crippen LogP contribution in [0.4, 0.5) is 10.5 Å². The van der Waals surface area contributed by atoms with E-state index in [4.69, 9.17) is 4.42 Å². The Balaban J connectivity index is 1.32. The molecule has 2 atom stereocenters. The minimum absolute atomic E-state index is 0.188. The molecule has 5 aromatic rings. The van der Waals surface area contributed by atoms with E-state index >= 15 is 0 Å². The van der Waals surface area contributed by atoms with E-state index in [0.29, 0.717) is 12.2 Å². The van der Waals surface area contributed by atoms with Crippen LogP contribution in [0.25, 0.3) is 10.9 Å². The Morgan fingerprint density at radius 3 is 2.58 bits per heavy atom. The van der Waals surface area contributed by atoms with Crippen molar-refractivity contribution in [1.82, 2.24) is 15.2 Å². The second-order valence-electron chi connectivity index (χ2n) is 10.2. The van der Waals surface area contributed by atoms with Crippen molar-refractivity contribution >= 4 is 34.4 Å². The van der Waals surface area contributed by atoms with Crippen LogP contribution in [0.3, 0.4) is 0 Å². The van der Waals surface area contributed by atoms with Gasteiger partial charge in [-0.05, 0) is 53.9 Å². The van der Waals surface area contributed by atoms with Gasteiger partial charge in [0.25, 0.3) is 11.8 Å². The number of nitrogens with zero attached hydrogens (tertiary/aromatic N) is 2. The van der Waals surface area contributed by atoms with Crippen LogP contribution in [0, 0.1) is 6.92 Å². The number of urea groups is 1. The number of H-pyrrole nitrogens is 1. The van der Waals surface area contributed by atoms with Crippen molar-refractivity contribution in [3.05, 3.63) is 125 Å². The predicted molar refractivity (Wildman–Crippen MR) is 150 cm³/mol. The standard InChI is InChI=1S/C32H26N4O4/c1-19-9-2-3-11-21(19)29-28-24(22-12-4-6-14-25(22)34-28)17-27-31(38)36(32(39)35(27)29)26-15-7-5-13-23(26)30(37)33-18-20-10-8-16-40-20/h2-16,27,29,34H,17-18H2,1H3,(H,33,37). The number of hydrogen-bond acceptors (Lipinski definition) is 4. The first-order valence-corrected chi connectivity index (χ1v) is 13.2. The van der Waals surface area contributed by atoms with Gasteiger partial charge in [0.15, 0.2) is 0 Å². The van der Waals surface area contributed by atoms with Crippen molar-refractivity contribution < 1.29 is 18.8 Å². The fourth-order valence-corrected chi connectivity index (χ4v) is 6.05. The number of aryl methyl sites for hydroxylation is 1. The number of rotatable bonds is 5. The van der Waals surface area contributed by atoms with Crippen molar-refractivity contribution in [1.29, 1.82) is 0 Å². The average molecular weight is 531 g/mol. The number of para-hydroxylation sites is 2. The molecule has 7 rings (SSSR count). The van der Waals surface area contributed by atoms with Crippen LogP contribution in [0.2, 0.25) is 0 Å². The lowest BCUT2D eigenvalue weighted by atomic mass is 9.87. The van der Waals surface area contributed by atoms with Gasteiger partial charge in [-0.15, -0.1) is 0 Å². The topological polar surface area (TPSA) is 98.6 Å². The van der Waals surface area contributed by atoms with Crippen LogP contribution < -0.4 is 10.2 Å². The monoisotopic (exact) mass is 530 g/mol. The predicted octanol–water partition coefficient (Wildman–Crippen LogP) is 5.48. The number of anilines is 1. The molecule has 8 heteroatoms. The SMILES string of the molecule is Cc1ccccc1C1c2[nH]c3ccccc3c2CC2C(=O)N(c3ccccc3C(=O)NCc3ccco3)C(=O)N21. The summed E-state index contributed by atoms with van der Waals surface area (Å²) >= 11 is 0. The molecular formula is C32H26N4O4. The van der Waals surface area contributed by atoms with Crippen LogP contribution in [-0.4, -0.2) is 33.8 Å². The number of nitrogens with one attached hydrogen (secondary N) is 2. The lowest BCUT2D eigenvalue weighted by molar-refractivity contribution is -0.120. The maximum atomic E-state index is 14.3. The Bertz CT molecular complexity index is 1790. The third-order valence-corrected chi connectivity index (χ3v) is 7.93. The summed E-state index contributed by atoms with van der Waals surface area (Å²) in [6.07, 6.45) is 1.92. The molecule has 0 saturated carbocycles. The first-order valence-electron chi connectivity index (χ1n) is 13.2. The number of hydrogen-bond donors (Lipinski definition) is 2. The fraction of sp³-hybridized carbons (Fsp3) is 0.156. The molecule has 2 unspecified atom stereocenters. The number of benzene rings is 3. The largest absolute Gasteiger partial charge is 0.467 e. The minimum Gasteiger partial charge on any atom is -0.467 e. The van der Waals surface area contributed by atoms with Crippen molar-refractivity contribution in [2.75, 3.05) is 4.90 Å². The Morgan fingerprint density at radius 1 is 0.975 bits per heavy atom. The van der Waals surface area contributed by atoms with Gasteiger partial charge in [-0.1, -0.05) is 54.6 Å². The van der Waals surface area contributed by atoms with Crippen molar-refractivity contribution in [3.63, 3.8) is 0 Å². The van der Waals surface area contributed by atoms with Crippen molar-refractivity contribution in [2.24, 2.45) is 0 Å². The molecule has 2 aliphatic heterocycles. The number of furan rings is 1. The van der Waals surface area contributed by atoms with Gasteiger partial charge >= 0.3 is 6.03 Å². The maximum Gasteiger partial charge on any atom is 0.332 e. The first-order chi connectivity index (χ1) is 19.5. The molecule has 4 heterocycles. The molecule has 2 aliphatic rings.